The van der Waals surface area contributed by atoms with Gasteiger partial charge in [-0.3, -0.25) is 10.1 Å². The van der Waals surface area contributed by atoms with Crippen LogP contribution in [-0.2, 0) is 0 Å². The first-order chi connectivity index (χ1) is 11.0. The molecule has 1 heterocycles. The molecule has 0 saturated heterocycles. The van der Waals surface area contributed by atoms with E-state index in [1.54, 1.807) is 25.2 Å². The monoisotopic (exact) mass is 320 g/mol. The highest BCUT2D eigenvalue weighted by Crippen LogP contribution is 2.36. The number of hydrogen-bond acceptors (Lipinski definition) is 9. The average Bonchev–Trinajstić information content (AvgIpc) is 2.53. The molecule has 4 N–H and O–H groups in total. The minimum atomic E-state index is -0.649. The summed E-state index contributed by atoms with van der Waals surface area (Å²) in [5.41, 5.74) is 5.67. The van der Waals surface area contributed by atoms with Crippen LogP contribution in [0.2, 0.25) is 0 Å². The number of nitro groups is 1. The predicted molar refractivity (Wildman–Crippen MR) is 85.5 cm³/mol. The second-order valence-electron chi connectivity index (χ2n) is 4.33. The van der Waals surface area contributed by atoms with Crippen molar-refractivity contribution >= 4 is 29.0 Å². The standard InChI is InChI=1S/C13H16N6O4/c1-15-13-17-11(14)10(19(20)21)12(18-13)16-8-6-7(22-2)4-5-9(8)23-3/h4-6H,1-3H3,(H4,14,15,16,17,18). The highest BCUT2D eigenvalue weighted by molar-refractivity contribution is 5.77. The summed E-state index contributed by atoms with van der Waals surface area (Å²) >= 11 is 0. The maximum Gasteiger partial charge on any atom is 0.353 e. The Morgan fingerprint density at radius 1 is 1.26 bits per heavy atom. The number of nitrogen functional groups attached to an aromatic ring is 1. The molecule has 0 bridgehead atoms. The van der Waals surface area contributed by atoms with Gasteiger partial charge in [0.1, 0.15) is 11.5 Å². The molecule has 0 aliphatic carbocycles. The molecular formula is C13H16N6O4. The van der Waals surface area contributed by atoms with Crippen molar-refractivity contribution in [2.75, 3.05) is 37.6 Å². The third kappa shape index (κ3) is 3.31. The van der Waals surface area contributed by atoms with Crippen molar-refractivity contribution in [2.24, 2.45) is 0 Å². The fraction of sp³-hybridized carbons (Fsp3) is 0.231. The Morgan fingerprint density at radius 3 is 2.57 bits per heavy atom. The minimum Gasteiger partial charge on any atom is -0.497 e. The highest BCUT2D eigenvalue weighted by Gasteiger charge is 2.24. The number of nitrogens with zero attached hydrogens (tertiary/aromatic N) is 3. The van der Waals surface area contributed by atoms with Crippen molar-refractivity contribution in [3.63, 3.8) is 0 Å². The summed E-state index contributed by atoms with van der Waals surface area (Å²) in [6, 6.07) is 4.99. The van der Waals surface area contributed by atoms with Crippen LogP contribution < -0.4 is 25.8 Å². The summed E-state index contributed by atoms with van der Waals surface area (Å²) in [6.07, 6.45) is 0. The average molecular weight is 320 g/mol. The van der Waals surface area contributed by atoms with Gasteiger partial charge in [0.15, 0.2) is 0 Å². The zero-order valence-electron chi connectivity index (χ0n) is 12.8. The highest BCUT2D eigenvalue weighted by atomic mass is 16.6. The molecule has 2 rings (SSSR count). The summed E-state index contributed by atoms with van der Waals surface area (Å²) < 4.78 is 10.4. The molecule has 0 fully saturated rings. The number of ether oxygens (including phenoxy) is 2. The zero-order chi connectivity index (χ0) is 17.0. The van der Waals surface area contributed by atoms with E-state index in [0.29, 0.717) is 17.2 Å². The molecule has 0 aliphatic rings. The molecule has 0 spiro atoms. The fourth-order valence-electron chi connectivity index (χ4n) is 1.89. The van der Waals surface area contributed by atoms with Gasteiger partial charge in [0.2, 0.25) is 17.6 Å². The van der Waals surface area contributed by atoms with Crippen LogP contribution in [0, 0.1) is 10.1 Å². The Hall–Kier alpha value is -3.30. The molecule has 10 nitrogen and oxygen atoms in total. The van der Waals surface area contributed by atoms with Crippen LogP contribution in [0.3, 0.4) is 0 Å². The molecule has 10 heteroatoms. The van der Waals surface area contributed by atoms with Gasteiger partial charge in [0.05, 0.1) is 24.8 Å². The summed E-state index contributed by atoms with van der Waals surface area (Å²) in [5.74, 6) is 0.852. The second-order valence-corrected chi connectivity index (χ2v) is 4.33. The third-order valence-corrected chi connectivity index (χ3v) is 2.98. The van der Waals surface area contributed by atoms with Crippen LogP contribution >= 0.6 is 0 Å². The number of aromatic nitrogens is 2. The Labute approximate surface area is 131 Å². The minimum absolute atomic E-state index is 0.0570. The largest absolute Gasteiger partial charge is 0.497 e. The van der Waals surface area contributed by atoms with Gasteiger partial charge < -0.3 is 25.8 Å². The van der Waals surface area contributed by atoms with Crippen molar-refractivity contribution < 1.29 is 14.4 Å². The van der Waals surface area contributed by atoms with Crippen LogP contribution in [0.25, 0.3) is 0 Å². The van der Waals surface area contributed by atoms with E-state index < -0.39 is 10.6 Å². The Kier molecular flexibility index (Phi) is 4.64. The Morgan fingerprint density at radius 2 is 2.00 bits per heavy atom. The number of methoxy groups -OCH3 is 2. The number of hydrogen-bond donors (Lipinski definition) is 3. The summed E-state index contributed by atoms with van der Waals surface area (Å²) in [7, 11) is 4.57. The fourth-order valence-corrected chi connectivity index (χ4v) is 1.89. The number of anilines is 4. The molecule has 23 heavy (non-hydrogen) atoms. The number of benzene rings is 1. The normalized spacial score (nSPS) is 10.0. The molecule has 0 atom stereocenters. The van der Waals surface area contributed by atoms with E-state index in [0.717, 1.165) is 0 Å². The van der Waals surface area contributed by atoms with Crippen LogP contribution in [-0.4, -0.2) is 36.2 Å². The van der Waals surface area contributed by atoms with Crippen LogP contribution in [0.15, 0.2) is 18.2 Å². The molecule has 0 radical (unpaired) electrons. The Balaban J connectivity index is 2.55. The second kappa shape index (κ2) is 6.64. The van der Waals surface area contributed by atoms with Gasteiger partial charge in [-0.1, -0.05) is 0 Å². The first-order valence-electron chi connectivity index (χ1n) is 6.48. The van der Waals surface area contributed by atoms with Gasteiger partial charge in [-0.05, 0) is 12.1 Å². The first kappa shape index (κ1) is 16.1. The van der Waals surface area contributed by atoms with Crippen molar-refractivity contribution in [2.45, 2.75) is 0 Å². The van der Waals surface area contributed by atoms with Gasteiger partial charge in [-0.25, -0.2) is 0 Å². The van der Waals surface area contributed by atoms with Gasteiger partial charge in [0.25, 0.3) is 0 Å². The van der Waals surface area contributed by atoms with Crippen LogP contribution in [0.5, 0.6) is 11.5 Å². The Bertz CT molecular complexity index is 737. The van der Waals surface area contributed by atoms with Crippen molar-refractivity contribution in [3.05, 3.63) is 28.3 Å². The van der Waals surface area contributed by atoms with Crippen LogP contribution in [0.4, 0.5) is 29.0 Å². The molecule has 2 aromatic rings. The SMILES string of the molecule is CNc1nc(N)c([N+](=O)[O-])c(Nc2cc(OC)ccc2OC)n1. The van der Waals surface area contributed by atoms with E-state index in [-0.39, 0.29) is 17.6 Å². The topological polar surface area (TPSA) is 137 Å². The predicted octanol–water partition coefficient (Wildman–Crippen LogP) is 1.77. The lowest BCUT2D eigenvalue weighted by Crippen LogP contribution is -2.09. The molecule has 0 saturated carbocycles. The van der Waals surface area contributed by atoms with E-state index in [9.17, 15) is 10.1 Å². The lowest BCUT2D eigenvalue weighted by Gasteiger charge is -2.13. The molecule has 122 valence electrons. The molecule has 1 aromatic carbocycles. The van der Waals surface area contributed by atoms with E-state index >= 15 is 0 Å². The summed E-state index contributed by atoms with van der Waals surface area (Å²) in [4.78, 5) is 18.4. The van der Waals surface area contributed by atoms with E-state index in [1.165, 1.54) is 14.2 Å². The third-order valence-electron chi connectivity index (χ3n) is 2.98. The molecular weight excluding hydrogens is 304 g/mol. The van der Waals surface area contributed by atoms with Gasteiger partial charge in [-0.15, -0.1) is 0 Å². The number of nitrogens with one attached hydrogen (secondary N) is 2. The molecule has 0 amide bonds. The quantitative estimate of drug-likeness (QED) is 0.537. The lowest BCUT2D eigenvalue weighted by atomic mass is 10.2. The van der Waals surface area contributed by atoms with E-state index in [4.69, 9.17) is 15.2 Å². The molecule has 1 aromatic heterocycles. The maximum absolute atomic E-state index is 11.2. The molecule has 0 aliphatic heterocycles. The lowest BCUT2D eigenvalue weighted by molar-refractivity contribution is -0.383. The summed E-state index contributed by atoms with van der Waals surface area (Å²) in [5, 5.41) is 16.8. The number of rotatable bonds is 6. The van der Waals surface area contributed by atoms with Gasteiger partial charge >= 0.3 is 5.69 Å². The smallest absolute Gasteiger partial charge is 0.353 e. The van der Waals surface area contributed by atoms with Crippen molar-refractivity contribution in [1.29, 1.82) is 0 Å². The first-order valence-corrected chi connectivity index (χ1v) is 6.48. The van der Waals surface area contributed by atoms with Gasteiger partial charge in [-0.2, -0.15) is 9.97 Å². The van der Waals surface area contributed by atoms with E-state index in [1.807, 2.05) is 0 Å². The van der Waals surface area contributed by atoms with E-state index in [2.05, 4.69) is 20.6 Å². The van der Waals surface area contributed by atoms with Crippen molar-refractivity contribution in [3.8, 4) is 11.5 Å². The maximum atomic E-state index is 11.2. The summed E-state index contributed by atoms with van der Waals surface area (Å²) in [6.45, 7) is 0. The van der Waals surface area contributed by atoms with Gasteiger partial charge in [0, 0.05) is 13.1 Å². The molecule has 0 unspecified atom stereocenters. The number of nitrogens with two attached hydrogens (primary N) is 1. The zero-order valence-corrected chi connectivity index (χ0v) is 12.8. The van der Waals surface area contributed by atoms with Crippen molar-refractivity contribution in [1.82, 2.24) is 9.97 Å². The van der Waals surface area contributed by atoms with Crippen LogP contribution in [0.1, 0.15) is 0 Å².